The molecule has 0 spiro atoms. The molecule has 0 fully saturated rings. The summed E-state index contributed by atoms with van der Waals surface area (Å²) in [5, 5.41) is 0. The van der Waals surface area contributed by atoms with Gasteiger partial charge in [-0.2, -0.15) is 0 Å². The average Bonchev–Trinajstić information content (AvgIpc) is 2.24. The zero-order valence-electron chi connectivity index (χ0n) is 10.4. The summed E-state index contributed by atoms with van der Waals surface area (Å²) in [6.07, 6.45) is 4.26. The van der Waals surface area contributed by atoms with E-state index in [9.17, 15) is 0 Å². The Hall–Kier alpha value is -1.30. The summed E-state index contributed by atoms with van der Waals surface area (Å²) in [5.41, 5.74) is 4.11. The summed E-state index contributed by atoms with van der Waals surface area (Å²) in [4.78, 5) is 0. The SMILES string of the molecule is C/C=C\c1cc(C(C)C)ccc1C.C=C. The van der Waals surface area contributed by atoms with Crippen LogP contribution < -0.4 is 0 Å². The van der Waals surface area contributed by atoms with Crippen molar-refractivity contribution >= 4 is 6.08 Å². The third kappa shape index (κ3) is 4.16. The molecule has 0 bridgehead atoms. The van der Waals surface area contributed by atoms with E-state index in [0.717, 1.165) is 0 Å². The first-order valence-electron chi connectivity index (χ1n) is 5.38. The maximum Gasteiger partial charge on any atom is -0.0219 e. The van der Waals surface area contributed by atoms with Crippen molar-refractivity contribution in [1.29, 1.82) is 0 Å². The lowest BCUT2D eigenvalue weighted by atomic mass is 9.98. The second kappa shape index (κ2) is 7.05. The number of hydrogen-bond donors (Lipinski definition) is 0. The second-order valence-corrected chi connectivity index (χ2v) is 3.77. The molecule has 1 rings (SSSR count). The Morgan fingerprint density at radius 1 is 1.20 bits per heavy atom. The van der Waals surface area contributed by atoms with E-state index >= 15 is 0 Å². The van der Waals surface area contributed by atoms with Gasteiger partial charge in [-0.25, -0.2) is 0 Å². The van der Waals surface area contributed by atoms with Gasteiger partial charge in [0.25, 0.3) is 0 Å². The molecule has 0 aliphatic carbocycles. The highest BCUT2D eigenvalue weighted by Gasteiger charge is 2.00. The lowest BCUT2D eigenvalue weighted by Gasteiger charge is -2.08. The van der Waals surface area contributed by atoms with Gasteiger partial charge in [0.05, 0.1) is 0 Å². The van der Waals surface area contributed by atoms with Crippen molar-refractivity contribution in [3.05, 3.63) is 54.1 Å². The summed E-state index contributed by atoms with van der Waals surface area (Å²) in [7, 11) is 0. The smallest absolute Gasteiger partial charge is 0.0219 e. The first-order valence-corrected chi connectivity index (χ1v) is 5.38. The van der Waals surface area contributed by atoms with E-state index in [0.29, 0.717) is 5.92 Å². The molecule has 82 valence electrons. The number of aryl methyl sites for hydroxylation is 1. The van der Waals surface area contributed by atoms with E-state index in [1.54, 1.807) is 0 Å². The minimum atomic E-state index is 0.615. The van der Waals surface area contributed by atoms with Crippen LogP contribution in [-0.2, 0) is 0 Å². The summed E-state index contributed by atoms with van der Waals surface area (Å²) in [5.74, 6) is 0.615. The molecule has 15 heavy (non-hydrogen) atoms. The normalized spacial score (nSPS) is 10.2. The Kier molecular flexibility index (Phi) is 6.44. The second-order valence-electron chi connectivity index (χ2n) is 3.77. The number of rotatable bonds is 2. The van der Waals surface area contributed by atoms with Crippen molar-refractivity contribution in [2.24, 2.45) is 0 Å². The van der Waals surface area contributed by atoms with Crippen LogP contribution in [0.25, 0.3) is 6.08 Å². The monoisotopic (exact) mass is 202 g/mol. The van der Waals surface area contributed by atoms with Crippen LogP contribution >= 0.6 is 0 Å². The van der Waals surface area contributed by atoms with Crippen molar-refractivity contribution < 1.29 is 0 Å². The van der Waals surface area contributed by atoms with Gasteiger partial charge < -0.3 is 0 Å². The molecule has 0 amide bonds. The van der Waals surface area contributed by atoms with Gasteiger partial charge in [0.1, 0.15) is 0 Å². The molecular weight excluding hydrogens is 180 g/mol. The van der Waals surface area contributed by atoms with Crippen LogP contribution in [0, 0.1) is 6.92 Å². The largest absolute Gasteiger partial charge is 0.106 e. The average molecular weight is 202 g/mol. The molecule has 0 aliphatic rings. The first-order chi connectivity index (χ1) is 7.15. The van der Waals surface area contributed by atoms with Crippen LogP contribution in [0.2, 0.25) is 0 Å². The van der Waals surface area contributed by atoms with Crippen molar-refractivity contribution in [2.75, 3.05) is 0 Å². The standard InChI is InChI=1S/C13H18.C2H4/c1-5-6-13-9-12(10(2)3)8-7-11(13)4;1-2/h5-10H,1-4H3;1-2H2/b6-5-;. The number of allylic oxidation sites excluding steroid dienone is 1. The van der Waals surface area contributed by atoms with Crippen molar-refractivity contribution in [1.82, 2.24) is 0 Å². The molecule has 0 nitrogen and oxygen atoms in total. The van der Waals surface area contributed by atoms with Gasteiger partial charge in [-0.15, -0.1) is 13.2 Å². The Labute approximate surface area is 94.3 Å². The number of benzene rings is 1. The Balaban J connectivity index is 0.000000921. The summed E-state index contributed by atoms with van der Waals surface area (Å²) < 4.78 is 0. The highest BCUT2D eigenvalue weighted by molar-refractivity contribution is 5.54. The lowest BCUT2D eigenvalue weighted by Crippen LogP contribution is -1.89. The molecule has 1 aromatic carbocycles. The minimum absolute atomic E-state index is 0.615. The third-order valence-corrected chi connectivity index (χ3v) is 2.32. The predicted molar refractivity (Wildman–Crippen MR) is 71.2 cm³/mol. The van der Waals surface area contributed by atoms with Crippen molar-refractivity contribution in [3.63, 3.8) is 0 Å². The molecule has 0 N–H and O–H groups in total. The minimum Gasteiger partial charge on any atom is -0.106 e. The molecule has 0 aliphatic heterocycles. The molecular formula is C15H22. The molecule has 1 aromatic rings. The fourth-order valence-electron chi connectivity index (χ4n) is 1.38. The molecule has 0 saturated carbocycles. The van der Waals surface area contributed by atoms with Gasteiger partial charge in [-0.1, -0.05) is 44.2 Å². The summed E-state index contributed by atoms with van der Waals surface area (Å²) >= 11 is 0. The first kappa shape index (κ1) is 13.7. The van der Waals surface area contributed by atoms with Gasteiger partial charge in [0, 0.05) is 0 Å². The van der Waals surface area contributed by atoms with Crippen LogP contribution in [0.4, 0.5) is 0 Å². The predicted octanol–water partition coefficient (Wildman–Crippen LogP) is 4.95. The lowest BCUT2D eigenvalue weighted by molar-refractivity contribution is 0.865. The highest BCUT2D eigenvalue weighted by Crippen LogP contribution is 2.19. The Morgan fingerprint density at radius 3 is 2.27 bits per heavy atom. The highest BCUT2D eigenvalue weighted by atomic mass is 14.1. The third-order valence-electron chi connectivity index (χ3n) is 2.32. The molecule has 0 heterocycles. The van der Waals surface area contributed by atoms with Crippen LogP contribution in [0.15, 0.2) is 37.4 Å². The van der Waals surface area contributed by atoms with E-state index < -0.39 is 0 Å². The molecule has 0 radical (unpaired) electrons. The topological polar surface area (TPSA) is 0 Å². The zero-order valence-corrected chi connectivity index (χ0v) is 10.4. The van der Waals surface area contributed by atoms with Gasteiger partial charge in [0.15, 0.2) is 0 Å². The van der Waals surface area contributed by atoms with E-state index in [1.807, 2.05) is 0 Å². The van der Waals surface area contributed by atoms with Crippen LogP contribution in [-0.4, -0.2) is 0 Å². The summed E-state index contributed by atoms with van der Waals surface area (Å²) in [6, 6.07) is 6.69. The molecule has 0 heteroatoms. The number of hydrogen-bond acceptors (Lipinski definition) is 0. The Morgan fingerprint density at radius 2 is 1.80 bits per heavy atom. The molecule has 0 unspecified atom stereocenters. The van der Waals surface area contributed by atoms with Gasteiger partial charge in [-0.3, -0.25) is 0 Å². The fourth-order valence-corrected chi connectivity index (χ4v) is 1.38. The summed E-state index contributed by atoms with van der Waals surface area (Å²) in [6.45, 7) is 14.7. The maximum atomic E-state index is 3.00. The van der Waals surface area contributed by atoms with Gasteiger partial charge >= 0.3 is 0 Å². The van der Waals surface area contributed by atoms with Crippen LogP contribution in [0.5, 0.6) is 0 Å². The van der Waals surface area contributed by atoms with E-state index in [2.05, 4.69) is 71.2 Å². The van der Waals surface area contributed by atoms with Gasteiger partial charge in [-0.05, 0) is 36.5 Å². The van der Waals surface area contributed by atoms with E-state index in [1.165, 1.54) is 16.7 Å². The fraction of sp³-hybridized carbons (Fsp3) is 0.333. The maximum absolute atomic E-state index is 3.00. The van der Waals surface area contributed by atoms with Crippen molar-refractivity contribution in [3.8, 4) is 0 Å². The zero-order chi connectivity index (χ0) is 11.8. The van der Waals surface area contributed by atoms with Gasteiger partial charge in [0.2, 0.25) is 0 Å². The van der Waals surface area contributed by atoms with E-state index in [-0.39, 0.29) is 0 Å². The van der Waals surface area contributed by atoms with Crippen LogP contribution in [0.3, 0.4) is 0 Å². The Bertz CT molecular complexity index is 319. The van der Waals surface area contributed by atoms with E-state index in [4.69, 9.17) is 0 Å². The van der Waals surface area contributed by atoms with Crippen molar-refractivity contribution in [2.45, 2.75) is 33.6 Å². The molecule has 0 saturated heterocycles. The quantitative estimate of drug-likeness (QED) is 0.595. The molecule has 0 aromatic heterocycles. The molecule has 0 atom stereocenters. The van der Waals surface area contributed by atoms with Crippen LogP contribution in [0.1, 0.15) is 43.4 Å².